The van der Waals surface area contributed by atoms with Crippen LogP contribution in [0.3, 0.4) is 0 Å². The maximum Gasteiger partial charge on any atom is 0.122 e. The summed E-state index contributed by atoms with van der Waals surface area (Å²) in [6, 6.07) is 8.80. The van der Waals surface area contributed by atoms with Gasteiger partial charge in [-0.05, 0) is 71.7 Å². The Labute approximate surface area is 126 Å². The predicted molar refractivity (Wildman–Crippen MR) is 85.4 cm³/mol. The summed E-state index contributed by atoms with van der Waals surface area (Å²) >= 11 is 5.29. The molecule has 0 radical (unpaired) electrons. The predicted octanol–water partition coefficient (Wildman–Crippen LogP) is 4.44. The normalized spacial score (nSPS) is 12.5. The lowest BCUT2D eigenvalue weighted by atomic mass is 9.97. The number of ether oxygens (including phenoxy) is 1. The number of nitrogens with one attached hydrogen (secondary N) is 1. The van der Waals surface area contributed by atoms with E-state index in [1.54, 1.807) is 18.4 Å². The van der Waals surface area contributed by atoms with Crippen LogP contribution in [-0.2, 0) is 0 Å². The molecule has 19 heavy (non-hydrogen) atoms. The topological polar surface area (TPSA) is 21.3 Å². The highest BCUT2D eigenvalue weighted by atomic mass is 79.9. The van der Waals surface area contributed by atoms with E-state index >= 15 is 0 Å². The average molecular weight is 340 g/mol. The van der Waals surface area contributed by atoms with Gasteiger partial charge in [0.05, 0.1) is 16.9 Å². The number of thiophene rings is 1. The van der Waals surface area contributed by atoms with E-state index < -0.39 is 0 Å². The van der Waals surface area contributed by atoms with Crippen molar-refractivity contribution in [1.29, 1.82) is 0 Å². The van der Waals surface area contributed by atoms with Gasteiger partial charge in [-0.15, -0.1) is 11.3 Å². The van der Waals surface area contributed by atoms with E-state index in [2.05, 4.69) is 59.4 Å². The van der Waals surface area contributed by atoms with E-state index in [0.29, 0.717) is 0 Å². The van der Waals surface area contributed by atoms with Crippen LogP contribution in [0.25, 0.3) is 0 Å². The summed E-state index contributed by atoms with van der Waals surface area (Å²) in [7, 11) is 3.71. The summed E-state index contributed by atoms with van der Waals surface area (Å²) in [6.07, 6.45) is 0. The minimum absolute atomic E-state index is 0.223. The molecule has 1 aromatic carbocycles. The summed E-state index contributed by atoms with van der Waals surface area (Å²) in [5.41, 5.74) is 3.71. The summed E-state index contributed by atoms with van der Waals surface area (Å²) < 4.78 is 6.54. The van der Waals surface area contributed by atoms with E-state index in [1.807, 2.05) is 7.05 Å². The van der Waals surface area contributed by atoms with E-state index in [9.17, 15) is 0 Å². The minimum atomic E-state index is 0.223. The minimum Gasteiger partial charge on any atom is -0.496 e. The maximum atomic E-state index is 5.38. The van der Waals surface area contributed by atoms with Crippen molar-refractivity contribution in [1.82, 2.24) is 5.32 Å². The monoisotopic (exact) mass is 339 g/mol. The van der Waals surface area contributed by atoms with E-state index in [0.717, 1.165) is 9.54 Å². The SMILES string of the molecule is CNC(c1ccc(Br)s1)c1cc(C)c(OC)cc1C. The zero-order valence-electron chi connectivity index (χ0n) is 11.6. The third-order valence-corrected chi connectivity index (χ3v) is 4.95. The molecule has 0 aliphatic heterocycles. The van der Waals surface area contributed by atoms with Crippen LogP contribution in [0.2, 0.25) is 0 Å². The molecule has 0 aliphatic rings. The highest BCUT2D eigenvalue weighted by Crippen LogP contribution is 2.34. The first-order valence-electron chi connectivity index (χ1n) is 6.14. The summed E-state index contributed by atoms with van der Waals surface area (Å²) in [4.78, 5) is 1.31. The van der Waals surface area contributed by atoms with Crippen molar-refractivity contribution in [2.24, 2.45) is 0 Å². The second-order valence-corrected chi connectivity index (χ2v) is 7.04. The Kier molecular flexibility index (Phi) is 4.66. The van der Waals surface area contributed by atoms with Crippen molar-refractivity contribution in [2.45, 2.75) is 19.9 Å². The lowest BCUT2D eigenvalue weighted by molar-refractivity contribution is 0.411. The van der Waals surface area contributed by atoms with Crippen molar-refractivity contribution in [3.63, 3.8) is 0 Å². The highest BCUT2D eigenvalue weighted by Gasteiger charge is 2.17. The van der Waals surface area contributed by atoms with Gasteiger partial charge in [-0.1, -0.05) is 6.07 Å². The quantitative estimate of drug-likeness (QED) is 0.888. The Morgan fingerprint density at radius 2 is 1.95 bits per heavy atom. The van der Waals surface area contributed by atoms with Gasteiger partial charge in [-0.25, -0.2) is 0 Å². The molecule has 0 saturated heterocycles. The molecule has 1 heterocycles. The van der Waals surface area contributed by atoms with Crippen LogP contribution in [0.5, 0.6) is 5.75 Å². The van der Waals surface area contributed by atoms with Crippen LogP contribution >= 0.6 is 27.3 Å². The van der Waals surface area contributed by atoms with Gasteiger partial charge in [-0.2, -0.15) is 0 Å². The first-order chi connectivity index (χ1) is 9.06. The molecule has 2 aromatic rings. The summed E-state index contributed by atoms with van der Waals surface area (Å²) in [6.45, 7) is 4.21. The third-order valence-electron chi connectivity index (χ3n) is 3.26. The van der Waals surface area contributed by atoms with Gasteiger partial charge in [0.2, 0.25) is 0 Å². The second kappa shape index (κ2) is 6.07. The Morgan fingerprint density at radius 3 is 2.47 bits per heavy atom. The Hall–Kier alpha value is -0.840. The van der Waals surface area contributed by atoms with Crippen LogP contribution in [-0.4, -0.2) is 14.2 Å². The Bertz CT molecular complexity index is 580. The van der Waals surface area contributed by atoms with Gasteiger partial charge in [0, 0.05) is 4.88 Å². The summed E-state index contributed by atoms with van der Waals surface area (Å²) in [5, 5.41) is 3.40. The Morgan fingerprint density at radius 1 is 1.21 bits per heavy atom. The van der Waals surface area contributed by atoms with E-state index in [-0.39, 0.29) is 6.04 Å². The zero-order chi connectivity index (χ0) is 14.0. The molecule has 1 unspecified atom stereocenters. The number of rotatable bonds is 4. The molecule has 4 heteroatoms. The molecule has 102 valence electrons. The molecule has 1 N–H and O–H groups in total. The molecular weight excluding hydrogens is 322 g/mol. The fourth-order valence-electron chi connectivity index (χ4n) is 2.28. The molecule has 0 bridgehead atoms. The lowest BCUT2D eigenvalue weighted by Gasteiger charge is -2.19. The smallest absolute Gasteiger partial charge is 0.122 e. The first kappa shape index (κ1) is 14.6. The van der Waals surface area contributed by atoms with Gasteiger partial charge < -0.3 is 10.1 Å². The zero-order valence-corrected chi connectivity index (χ0v) is 14.0. The number of hydrogen-bond donors (Lipinski definition) is 1. The van der Waals surface area contributed by atoms with Crippen LogP contribution in [0.1, 0.15) is 27.6 Å². The van der Waals surface area contributed by atoms with Crippen molar-refractivity contribution in [3.8, 4) is 5.75 Å². The average Bonchev–Trinajstić information content (AvgIpc) is 2.80. The molecular formula is C15H18BrNOS. The van der Waals surface area contributed by atoms with Crippen molar-refractivity contribution >= 4 is 27.3 Å². The van der Waals surface area contributed by atoms with Gasteiger partial charge in [-0.3, -0.25) is 0 Å². The van der Waals surface area contributed by atoms with Crippen LogP contribution < -0.4 is 10.1 Å². The van der Waals surface area contributed by atoms with Crippen LogP contribution in [0, 0.1) is 13.8 Å². The third kappa shape index (κ3) is 3.02. The van der Waals surface area contributed by atoms with Gasteiger partial charge in [0.1, 0.15) is 5.75 Å². The van der Waals surface area contributed by atoms with Crippen molar-refractivity contribution in [3.05, 3.63) is 49.6 Å². The lowest BCUT2D eigenvalue weighted by Crippen LogP contribution is -2.17. The standard InChI is InChI=1S/C15H18BrNOS/c1-9-8-12(18-4)10(2)7-11(9)15(17-3)13-5-6-14(16)19-13/h5-8,15,17H,1-4H3. The molecule has 1 atom stereocenters. The molecule has 1 aromatic heterocycles. The summed E-state index contributed by atoms with van der Waals surface area (Å²) in [5.74, 6) is 0.948. The molecule has 0 fully saturated rings. The van der Waals surface area contributed by atoms with Crippen molar-refractivity contribution in [2.75, 3.05) is 14.2 Å². The maximum absolute atomic E-state index is 5.38. The van der Waals surface area contributed by atoms with Crippen molar-refractivity contribution < 1.29 is 4.74 Å². The number of halogens is 1. The molecule has 0 aliphatic carbocycles. The van der Waals surface area contributed by atoms with Gasteiger partial charge in [0.15, 0.2) is 0 Å². The van der Waals surface area contributed by atoms with Gasteiger partial charge in [0.25, 0.3) is 0 Å². The molecule has 0 amide bonds. The Balaban J connectivity index is 2.47. The fraction of sp³-hybridized carbons (Fsp3) is 0.333. The van der Waals surface area contributed by atoms with E-state index in [1.165, 1.54) is 21.6 Å². The number of methoxy groups -OCH3 is 1. The largest absolute Gasteiger partial charge is 0.496 e. The molecule has 2 nitrogen and oxygen atoms in total. The first-order valence-corrected chi connectivity index (χ1v) is 7.75. The number of benzene rings is 1. The van der Waals surface area contributed by atoms with E-state index in [4.69, 9.17) is 4.74 Å². The fourth-order valence-corrected chi connectivity index (χ4v) is 3.83. The van der Waals surface area contributed by atoms with Crippen LogP contribution in [0.15, 0.2) is 28.1 Å². The second-order valence-electron chi connectivity index (χ2n) is 4.54. The number of aryl methyl sites for hydroxylation is 2. The van der Waals surface area contributed by atoms with Crippen LogP contribution in [0.4, 0.5) is 0 Å². The molecule has 2 rings (SSSR count). The highest BCUT2D eigenvalue weighted by molar-refractivity contribution is 9.11. The molecule has 0 saturated carbocycles. The number of hydrogen-bond acceptors (Lipinski definition) is 3. The molecule has 0 spiro atoms. The van der Waals surface area contributed by atoms with Gasteiger partial charge >= 0.3 is 0 Å².